The number of carbonyl (C=O) groups excluding carboxylic acids is 2. The van der Waals surface area contributed by atoms with Crippen molar-refractivity contribution in [2.45, 2.75) is 19.4 Å². The normalized spacial score (nSPS) is 11.7. The van der Waals surface area contributed by atoms with E-state index in [4.69, 9.17) is 16.7 Å². The number of carbonyl (C=O) groups is 2. The molecule has 3 N–H and O–H groups in total. The summed E-state index contributed by atoms with van der Waals surface area (Å²) in [5.74, 6) is -0.751. The molecule has 0 aliphatic heterocycles. The zero-order valence-electron chi connectivity index (χ0n) is 10.6. The second-order valence-corrected chi connectivity index (χ2v) is 4.42. The van der Waals surface area contributed by atoms with Crippen LogP contribution in [0.3, 0.4) is 0 Å². The fraction of sp³-hybridized carbons (Fsp3) is 0.385. The molecule has 0 saturated heterocycles. The van der Waals surface area contributed by atoms with Gasteiger partial charge in [0, 0.05) is 0 Å². The molecule has 1 aromatic rings. The molecule has 0 heterocycles. The fourth-order valence-electron chi connectivity index (χ4n) is 1.46. The predicted molar refractivity (Wildman–Crippen MR) is 73.1 cm³/mol. The molecule has 0 bridgehead atoms. The molecule has 0 radical (unpaired) electrons. The maximum absolute atomic E-state index is 11.8. The van der Waals surface area contributed by atoms with Crippen LogP contribution in [0.1, 0.15) is 23.7 Å². The van der Waals surface area contributed by atoms with Gasteiger partial charge in [-0.1, -0.05) is 30.7 Å². The van der Waals surface area contributed by atoms with Gasteiger partial charge in [0.05, 0.1) is 29.8 Å². The Hall–Kier alpha value is -1.59. The Balaban J connectivity index is 2.47. The molecule has 104 valence electrons. The Morgan fingerprint density at radius 1 is 1.37 bits per heavy atom. The molecule has 19 heavy (non-hydrogen) atoms. The summed E-state index contributed by atoms with van der Waals surface area (Å²) in [6.07, 6.45) is 0.626. The lowest BCUT2D eigenvalue weighted by Gasteiger charge is -2.14. The molecule has 0 unspecified atom stereocenters. The number of benzene rings is 1. The van der Waals surface area contributed by atoms with E-state index in [0.717, 1.165) is 0 Å². The second kappa shape index (κ2) is 7.76. The van der Waals surface area contributed by atoms with Crippen molar-refractivity contribution < 1.29 is 14.7 Å². The second-order valence-electron chi connectivity index (χ2n) is 4.02. The van der Waals surface area contributed by atoms with Crippen LogP contribution in [-0.2, 0) is 4.79 Å². The molecule has 0 aliphatic rings. The van der Waals surface area contributed by atoms with E-state index in [-0.39, 0.29) is 25.1 Å². The highest BCUT2D eigenvalue weighted by atomic mass is 35.5. The average Bonchev–Trinajstić information content (AvgIpc) is 2.42. The Kier molecular flexibility index (Phi) is 6.32. The van der Waals surface area contributed by atoms with Crippen molar-refractivity contribution in [3.8, 4) is 0 Å². The van der Waals surface area contributed by atoms with Gasteiger partial charge < -0.3 is 15.7 Å². The van der Waals surface area contributed by atoms with Crippen LogP contribution in [0.25, 0.3) is 0 Å². The largest absolute Gasteiger partial charge is 0.394 e. The first kappa shape index (κ1) is 15.5. The highest BCUT2D eigenvalue weighted by Crippen LogP contribution is 2.14. The van der Waals surface area contributed by atoms with Gasteiger partial charge in [0.15, 0.2) is 0 Å². The summed E-state index contributed by atoms with van der Waals surface area (Å²) in [4.78, 5) is 23.3. The van der Waals surface area contributed by atoms with Crippen molar-refractivity contribution in [3.63, 3.8) is 0 Å². The molecule has 0 aliphatic carbocycles. The maximum Gasteiger partial charge on any atom is 0.253 e. The maximum atomic E-state index is 11.8. The monoisotopic (exact) mass is 284 g/mol. The summed E-state index contributed by atoms with van der Waals surface area (Å²) in [6.45, 7) is 1.57. The Morgan fingerprint density at radius 3 is 2.63 bits per heavy atom. The SMILES string of the molecule is CC[C@H](CO)NC(=O)CNC(=O)c1ccccc1Cl. The zero-order valence-corrected chi connectivity index (χ0v) is 11.4. The summed E-state index contributed by atoms with van der Waals surface area (Å²) < 4.78 is 0. The van der Waals surface area contributed by atoms with Crippen molar-refractivity contribution >= 4 is 23.4 Å². The van der Waals surface area contributed by atoms with Crippen molar-refractivity contribution in [2.75, 3.05) is 13.2 Å². The van der Waals surface area contributed by atoms with Crippen LogP contribution in [-0.4, -0.2) is 36.1 Å². The van der Waals surface area contributed by atoms with Gasteiger partial charge in [-0.3, -0.25) is 9.59 Å². The number of amides is 2. The van der Waals surface area contributed by atoms with Crippen molar-refractivity contribution in [1.29, 1.82) is 0 Å². The topological polar surface area (TPSA) is 78.4 Å². The summed E-state index contributed by atoms with van der Waals surface area (Å²) in [5, 5.41) is 14.4. The average molecular weight is 285 g/mol. The quantitative estimate of drug-likeness (QED) is 0.728. The molecule has 2 amide bonds. The van der Waals surface area contributed by atoms with E-state index in [2.05, 4.69) is 10.6 Å². The molecule has 0 spiro atoms. The van der Waals surface area contributed by atoms with Crippen LogP contribution in [0.4, 0.5) is 0 Å². The smallest absolute Gasteiger partial charge is 0.253 e. The summed E-state index contributed by atoms with van der Waals surface area (Å²) in [7, 11) is 0. The predicted octanol–water partition coefficient (Wildman–Crippen LogP) is 0.957. The number of rotatable bonds is 6. The third kappa shape index (κ3) is 4.89. The third-order valence-corrected chi connectivity index (χ3v) is 2.94. The fourth-order valence-corrected chi connectivity index (χ4v) is 1.68. The number of nitrogens with one attached hydrogen (secondary N) is 2. The van der Waals surface area contributed by atoms with Crippen LogP contribution >= 0.6 is 11.6 Å². The first-order valence-corrected chi connectivity index (χ1v) is 6.39. The Bertz CT molecular complexity index is 447. The van der Waals surface area contributed by atoms with Gasteiger partial charge in [0.25, 0.3) is 5.91 Å². The van der Waals surface area contributed by atoms with Gasteiger partial charge in [-0.2, -0.15) is 0 Å². The highest BCUT2D eigenvalue weighted by molar-refractivity contribution is 6.33. The highest BCUT2D eigenvalue weighted by Gasteiger charge is 2.12. The summed E-state index contributed by atoms with van der Waals surface area (Å²) >= 11 is 5.87. The number of aliphatic hydroxyl groups excluding tert-OH is 1. The van der Waals surface area contributed by atoms with Gasteiger partial charge in [0.1, 0.15) is 0 Å². The molecule has 6 heteroatoms. The molecule has 1 atom stereocenters. The summed E-state index contributed by atoms with van der Waals surface area (Å²) in [5.41, 5.74) is 0.325. The van der Waals surface area contributed by atoms with Crippen molar-refractivity contribution in [3.05, 3.63) is 34.9 Å². The van der Waals surface area contributed by atoms with E-state index in [1.807, 2.05) is 6.92 Å². The minimum atomic E-state index is -0.405. The lowest BCUT2D eigenvalue weighted by atomic mass is 10.2. The molecule has 0 fully saturated rings. The third-order valence-electron chi connectivity index (χ3n) is 2.61. The number of hydrogen-bond donors (Lipinski definition) is 3. The van der Waals surface area contributed by atoms with Crippen LogP contribution in [0.5, 0.6) is 0 Å². The first-order valence-electron chi connectivity index (χ1n) is 6.01. The zero-order chi connectivity index (χ0) is 14.3. The molecular formula is C13H17ClN2O3. The van der Waals surface area contributed by atoms with Crippen LogP contribution < -0.4 is 10.6 Å². The van der Waals surface area contributed by atoms with E-state index < -0.39 is 5.91 Å². The number of hydrogen-bond acceptors (Lipinski definition) is 3. The Morgan fingerprint density at radius 2 is 2.05 bits per heavy atom. The van der Waals surface area contributed by atoms with Crippen LogP contribution in [0, 0.1) is 0 Å². The molecule has 0 saturated carbocycles. The lowest BCUT2D eigenvalue weighted by molar-refractivity contribution is -0.121. The minimum Gasteiger partial charge on any atom is -0.394 e. The van der Waals surface area contributed by atoms with E-state index in [1.54, 1.807) is 24.3 Å². The van der Waals surface area contributed by atoms with Gasteiger partial charge in [-0.05, 0) is 18.6 Å². The van der Waals surface area contributed by atoms with Gasteiger partial charge in [-0.25, -0.2) is 0 Å². The number of aliphatic hydroxyl groups is 1. The van der Waals surface area contributed by atoms with Crippen molar-refractivity contribution in [2.24, 2.45) is 0 Å². The molecule has 1 rings (SSSR count). The van der Waals surface area contributed by atoms with E-state index in [0.29, 0.717) is 17.0 Å². The lowest BCUT2D eigenvalue weighted by Crippen LogP contribution is -2.43. The first-order chi connectivity index (χ1) is 9.08. The minimum absolute atomic E-state index is 0.124. The Labute approximate surface area is 117 Å². The van der Waals surface area contributed by atoms with Gasteiger partial charge in [-0.15, -0.1) is 0 Å². The van der Waals surface area contributed by atoms with Gasteiger partial charge in [0.2, 0.25) is 5.91 Å². The van der Waals surface area contributed by atoms with Crippen molar-refractivity contribution in [1.82, 2.24) is 10.6 Å². The molecule has 1 aromatic carbocycles. The summed E-state index contributed by atoms with van der Waals surface area (Å²) in [6, 6.07) is 6.32. The number of halogens is 1. The molecule has 5 nitrogen and oxygen atoms in total. The van der Waals surface area contributed by atoms with E-state index in [1.165, 1.54) is 0 Å². The van der Waals surface area contributed by atoms with Gasteiger partial charge >= 0.3 is 0 Å². The van der Waals surface area contributed by atoms with E-state index >= 15 is 0 Å². The van der Waals surface area contributed by atoms with Crippen LogP contribution in [0.2, 0.25) is 5.02 Å². The van der Waals surface area contributed by atoms with Crippen LogP contribution in [0.15, 0.2) is 24.3 Å². The standard InChI is InChI=1S/C13H17ClN2O3/c1-2-9(8-17)16-12(18)7-15-13(19)10-5-3-4-6-11(10)14/h3-6,9,17H,2,7-8H2,1H3,(H,15,19)(H,16,18)/t9-/m1/s1. The molecule has 0 aromatic heterocycles. The van der Waals surface area contributed by atoms with E-state index in [9.17, 15) is 9.59 Å². The molecular weight excluding hydrogens is 268 g/mol.